The lowest BCUT2D eigenvalue weighted by molar-refractivity contribution is 0.0697. The number of carboxylic acids is 1. The molecule has 1 fully saturated rings. The second kappa shape index (κ2) is 6.85. The maximum absolute atomic E-state index is 11.5. The lowest BCUT2D eigenvalue weighted by atomic mass is 10.2. The number of fused-ring (bicyclic) bond motifs is 2. The van der Waals surface area contributed by atoms with E-state index < -0.39 is 11.7 Å². The molecule has 0 unspecified atom stereocenters. The largest absolute Gasteiger partial charge is 0.493 e. The van der Waals surface area contributed by atoms with E-state index in [2.05, 4.69) is 35.0 Å². The van der Waals surface area contributed by atoms with Gasteiger partial charge >= 0.3 is 11.7 Å². The Morgan fingerprint density at radius 1 is 1.24 bits per heavy atom. The summed E-state index contributed by atoms with van der Waals surface area (Å²) in [4.78, 5) is 45.7. The van der Waals surface area contributed by atoms with Gasteiger partial charge in [-0.1, -0.05) is 0 Å². The minimum absolute atomic E-state index is 0.126. The summed E-state index contributed by atoms with van der Waals surface area (Å²) in [5, 5.41) is 24.0. The normalized spacial score (nSPS) is 15.2. The smallest absolute Gasteiger partial charge is 0.335 e. The average Bonchev–Trinajstić information content (AvgIpc) is 3.21. The van der Waals surface area contributed by atoms with E-state index in [0.717, 1.165) is 12.8 Å². The lowest BCUT2D eigenvalue weighted by Crippen LogP contribution is -2.25. The molecule has 1 aliphatic carbocycles. The van der Waals surface area contributed by atoms with Crippen molar-refractivity contribution in [3.05, 3.63) is 63.3 Å². The number of rotatable bonds is 4. The standard InChI is InChI=1S/C20H15N9O4/c30-16-13(24-20(33)26-16)6-10-7-22-29-15(10)25-18(27-19(29)23-11-2-3-11)28-8-21-12-5-9(17(31)32)1-4-14(12)28/h1,4-8,11,30H,2-3H2,(H,31,32)(H2,24,26,33)/b10-6-,23-19?. The van der Waals surface area contributed by atoms with E-state index in [1.165, 1.54) is 29.2 Å². The van der Waals surface area contributed by atoms with Crippen LogP contribution in [0.2, 0.25) is 0 Å². The van der Waals surface area contributed by atoms with Crippen LogP contribution in [0.25, 0.3) is 28.7 Å². The van der Waals surface area contributed by atoms with Crippen molar-refractivity contribution in [3.63, 3.8) is 0 Å². The number of aromatic carboxylic acids is 1. The number of H-pyrrole nitrogens is 2. The van der Waals surface area contributed by atoms with Crippen molar-refractivity contribution in [2.75, 3.05) is 0 Å². The van der Waals surface area contributed by atoms with Crippen LogP contribution in [0.15, 0.2) is 40.5 Å². The second-order valence-corrected chi connectivity index (χ2v) is 7.63. The molecule has 13 heteroatoms. The molecule has 5 aromatic rings. The number of hydrogen-bond acceptors (Lipinski definition) is 8. The highest BCUT2D eigenvalue weighted by Gasteiger charge is 2.21. The monoisotopic (exact) mass is 445 g/mol. The Labute approximate surface area is 182 Å². The van der Waals surface area contributed by atoms with Crippen LogP contribution in [0.1, 0.15) is 28.9 Å². The summed E-state index contributed by atoms with van der Waals surface area (Å²) in [6, 6.07) is 4.77. The summed E-state index contributed by atoms with van der Waals surface area (Å²) in [6.07, 6.45) is 6.52. The molecule has 164 valence electrons. The highest BCUT2D eigenvalue weighted by atomic mass is 16.4. The van der Waals surface area contributed by atoms with Gasteiger partial charge in [-0.25, -0.2) is 19.6 Å². The lowest BCUT2D eigenvalue weighted by Gasteiger charge is -2.04. The van der Waals surface area contributed by atoms with Crippen molar-refractivity contribution >= 4 is 28.7 Å². The Bertz CT molecular complexity index is 1750. The van der Waals surface area contributed by atoms with Crippen LogP contribution in [0, 0.1) is 0 Å². The van der Waals surface area contributed by atoms with Gasteiger partial charge in [0.15, 0.2) is 5.65 Å². The summed E-state index contributed by atoms with van der Waals surface area (Å²) >= 11 is 0. The molecule has 0 amide bonds. The number of carbonyl (C=O) groups is 1. The van der Waals surface area contributed by atoms with Gasteiger partial charge in [0.25, 0.3) is 5.62 Å². The first-order chi connectivity index (χ1) is 16.0. The highest BCUT2D eigenvalue weighted by molar-refractivity contribution is 5.92. The molecule has 4 heterocycles. The molecule has 33 heavy (non-hydrogen) atoms. The Morgan fingerprint density at radius 2 is 2.09 bits per heavy atom. The van der Waals surface area contributed by atoms with Gasteiger partial charge in [-0.15, -0.1) is 0 Å². The van der Waals surface area contributed by atoms with Crippen LogP contribution in [0.4, 0.5) is 0 Å². The fraction of sp³-hybridized carbons (Fsp3) is 0.150. The van der Waals surface area contributed by atoms with Crippen LogP contribution >= 0.6 is 0 Å². The average molecular weight is 445 g/mol. The Kier molecular flexibility index (Phi) is 3.93. The third kappa shape index (κ3) is 3.22. The van der Waals surface area contributed by atoms with E-state index in [1.807, 2.05) is 0 Å². The van der Waals surface area contributed by atoms with Crippen LogP contribution < -0.4 is 16.5 Å². The van der Waals surface area contributed by atoms with E-state index in [4.69, 9.17) is 0 Å². The number of nitrogens with zero attached hydrogens (tertiary/aromatic N) is 7. The highest BCUT2D eigenvalue weighted by Crippen LogP contribution is 2.22. The molecule has 1 saturated carbocycles. The number of benzene rings is 1. The number of aromatic amines is 2. The fourth-order valence-electron chi connectivity index (χ4n) is 3.48. The molecule has 1 aliphatic rings. The number of nitrogens with one attached hydrogen (secondary N) is 2. The van der Waals surface area contributed by atoms with Gasteiger partial charge in [-0.3, -0.25) is 9.55 Å². The minimum Gasteiger partial charge on any atom is -0.493 e. The minimum atomic E-state index is -1.04. The van der Waals surface area contributed by atoms with Gasteiger partial charge in [-0.2, -0.15) is 19.6 Å². The summed E-state index contributed by atoms with van der Waals surface area (Å²) in [7, 11) is 0. The molecule has 0 saturated heterocycles. The van der Waals surface area contributed by atoms with Gasteiger partial charge in [0.1, 0.15) is 12.0 Å². The molecular formula is C20H15N9O4. The summed E-state index contributed by atoms with van der Waals surface area (Å²) in [6.45, 7) is 0. The van der Waals surface area contributed by atoms with E-state index in [-0.39, 0.29) is 29.1 Å². The predicted octanol–water partition coefficient (Wildman–Crippen LogP) is -0.506. The molecule has 0 spiro atoms. The molecule has 0 atom stereocenters. The summed E-state index contributed by atoms with van der Waals surface area (Å²) < 4.78 is 3.14. The zero-order valence-corrected chi connectivity index (χ0v) is 16.8. The van der Waals surface area contributed by atoms with Crippen LogP contribution in [-0.2, 0) is 0 Å². The topological polar surface area (TPSA) is 179 Å². The van der Waals surface area contributed by atoms with Crippen molar-refractivity contribution < 1.29 is 15.0 Å². The van der Waals surface area contributed by atoms with Gasteiger partial charge in [-0.05, 0) is 37.1 Å². The van der Waals surface area contributed by atoms with Gasteiger partial charge < -0.3 is 15.2 Å². The molecule has 13 nitrogen and oxygen atoms in total. The van der Waals surface area contributed by atoms with Crippen molar-refractivity contribution in [3.8, 4) is 11.8 Å². The number of carboxylic acid groups (broad SMARTS) is 1. The van der Waals surface area contributed by atoms with Gasteiger partial charge in [0.05, 0.1) is 28.8 Å². The molecule has 0 bridgehead atoms. The van der Waals surface area contributed by atoms with Gasteiger partial charge in [0, 0.05) is 5.22 Å². The van der Waals surface area contributed by atoms with Crippen molar-refractivity contribution in [2.24, 2.45) is 4.99 Å². The maximum Gasteiger partial charge on any atom is 0.335 e. The molecule has 0 aliphatic heterocycles. The Morgan fingerprint density at radius 3 is 2.82 bits per heavy atom. The Balaban J connectivity index is 1.60. The SMILES string of the molecule is O=C(O)c1ccc2c(c1)ncn2-c1nc(=NC2CC2)n2nc/c(=C/c3[nH]c(=O)[nH]c3O)c2n1. The molecule has 4 aromatic heterocycles. The zero-order chi connectivity index (χ0) is 22.7. The van der Waals surface area contributed by atoms with Crippen LogP contribution in [-0.4, -0.2) is 61.3 Å². The van der Waals surface area contributed by atoms with E-state index in [9.17, 15) is 19.8 Å². The first kappa shape index (κ1) is 18.9. The first-order valence-corrected chi connectivity index (χ1v) is 9.99. The van der Waals surface area contributed by atoms with Crippen molar-refractivity contribution in [1.82, 2.24) is 39.1 Å². The number of hydrogen-bond donors (Lipinski definition) is 4. The fourth-order valence-corrected chi connectivity index (χ4v) is 3.48. The molecule has 4 N–H and O–H groups in total. The van der Waals surface area contributed by atoms with Crippen molar-refractivity contribution in [2.45, 2.75) is 18.9 Å². The van der Waals surface area contributed by atoms with E-state index in [0.29, 0.717) is 27.5 Å². The summed E-state index contributed by atoms with van der Waals surface area (Å²) in [5.41, 5.74) is 1.64. The number of aromatic nitrogens is 8. The summed E-state index contributed by atoms with van der Waals surface area (Å²) in [5.74, 6) is -1.07. The third-order valence-electron chi connectivity index (χ3n) is 5.26. The van der Waals surface area contributed by atoms with Crippen LogP contribution in [0.5, 0.6) is 5.88 Å². The quantitative estimate of drug-likeness (QED) is 0.286. The first-order valence-electron chi connectivity index (χ1n) is 9.99. The van der Waals surface area contributed by atoms with E-state index in [1.54, 1.807) is 16.7 Å². The van der Waals surface area contributed by atoms with Crippen LogP contribution in [0.3, 0.4) is 0 Å². The number of imidazole rings is 2. The van der Waals surface area contributed by atoms with Crippen molar-refractivity contribution in [1.29, 1.82) is 0 Å². The third-order valence-corrected chi connectivity index (χ3v) is 5.26. The molecule has 1 aromatic carbocycles. The maximum atomic E-state index is 11.5. The second-order valence-electron chi connectivity index (χ2n) is 7.63. The molecule has 6 rings (SSSR count). The molecule has 0 radical (unpaired) electrons. The number of aromatic hydroxyl groups is 1. The zero-order valence-electron chi connectivity index (χ0n) is 16.8. The molecular weight excluding hydrogens is 430 g/mol. The van der Waals surface area contributed by atoms with Gasteiger partial charge in [0.2, 0.25) is 11.8 Å². The Hall–Kier alpha value is -4.81. The predicted molar refractivity (Wildman–Crippen MR) is 113 cm³/mol. The van der Waals surface area contributed by atoms with E-state index >= 15 is 0 Å².